The van der Waals surface area contributed by atoms with Crippen LogP contribution in [-0.4, -0.2) is 14.1 Å². The normalized spacial score (nSPS) is 26.0. The van der Waals surface area contributed by atoms with E-state index >= 15 is 0 Å². The topological polar surface area (TPSA) is 58.5 Å². The van der Waals surface area contributed by atoms with E-state index in [1.807, 2.05) is 12.1 Å². The van der Waals surface area contributed by atoms with Crippen LogP contribution < -0.4 is 4.83 Å². The maximum absolute atomic E-state index is 12.3. The fourth-order valence-corrected chi connectivity index (χ4v) is 4.45. The summed E-state index contributed by atoms with van der Waals surface area (Å²) in [6.07, 6.45) is 5.53. The summed E-state index contributed by atoms with van der Waals surface area (Å²) < 4.78 is 24.6. The van der Waals surface area contributed by atoms with Gasteiger partial charge in [0.2, 0.25) is 0 Å². The third-order valence-corrected chi connectivity index (χ3v) is 5.92. The lowest BCUT2D eigenvalue weighted by molar-refractivity contribution is 0.579. The Morgan fingerprint density at radius 1 is 1.23 bits per heavy atom. The first-order chi connectivity index (χ1) is 10.4. The van der Waals surface area contributed by atoms with Crippen LogP contribution in [0, 0.1) is 17.8 Å². The highest BCUT2D eigenvalue weighted by Gasteiger charge is 2.36. The largest absolute Gasteiger partial charge is 0.276 e. The Hall–Kier alpha value is -1.36. The highest BCUT2D eigenvalue weighted by Crippen LogP contribution is 2.42. The summed E-state index contributed by atoms with van der Waals surface area (Å²) in [7, 11) is -3.55. The average Bonchev–Trinajstić information content (AvgIpc) is 3.08. The van der Waals surface area contributed by atoms with Crippen molar-refractivity contribution in [1.29, 1.82) is 0 Å². The molecule has 0 amide bonds. The number of benzene rings is 1. The van der Waals surface area contributed by atoms with Crippen LogP contribution in [0.1, 0.15) is 45.1 Å². The number of hydrogen-bond donors (Lipinski definition) is 1. The van der Waals surface area contributed by atoms with Crippen molar-refractivity contribution in [2.75, 3.05) is 0 Å². The molecule has 3 rings (SSSR count). The van der Waals surface area contributed by atoms with Gasteiger partial charge in [0.1, 0.15) is 0 Å². The van der Waals surface area contributed by atoms with Crippen molar-refractivity contribution in [3.63, 3.8) is 0 Å². The monoisotopic (exact) mass is 320 g/mol. The molecule has 1 aromatic rings. The second kappa shape index (κ2) is 6.03. The molecule has 22 heavy (non-hydrogen) atoms. The molecular formula is C17H24N2O2S. The van der Waals surface area contributed by atoms with E-state index in [4.69, 9.17) is 0 Å². The zero-order valence-corrected chi connectivity index (χ0v) is 14.1. The molecular weight excluding hydrogens is 296 g/mol. The molecule has 0 spiro atoms. The molecule has 4 nitrogen and oxygen atoms in total. The second-order valence-corrected chi connectivity index (χ2v) is 8.68. The first-order valence-electron chi connectivity index (χ1n) is 8.11. The highest BCUT2D eigenvalue weighted by molar-refractivity contribution is 7.89. The van der Waals surface area contributed by atoms with Crippen LogP contribution in [-0.2, 0) is 16.4 Å². The summed E-state index contributed by atoms with van der Waals surface area (Å²) in [6.45, 7) is 4.30. The lowest BCUT2D eigenvalue weighted by Gasteiger charge is -2.12. The maximum Gasteiger partial charge on any atom is 0.276 e. The van der Waals surface area contributed by atoms with E-state index in [0.29, 0.717) is 11.8 Å². The van der Waals surface area contributed by atoms with E-state index < -0.39 is 10.0 Å². The number of sulfonamides is 1. The first-order valence-corrected chi connectivity index (χ1v) is 9.59. The SMILES string of the molecule is CC(C)Cc1ccc(S(=O)(=O)N/N=C2/C[C@@H]3CC[C@H]2C3)cc1. The molecule has 1 aromatic carbocycles. The summed E-state index contributed by atoms with van der Waals surface area (Å²) >= 11 is 0. The van der Waals surface area contributed by atoms with Crippen molar-refractivity contribution in [2.24, 2.45) is 22.9 Å². The molecule has 2 aliphatic rings. The van der Waals surface area contributed by atoms with Gasteiger partial charge in [0.15, 0.2) is 0 Å². The summed E-state index contributed by atoms with van der Waals surface area (Å²) in [5.74, 6) is 1.79. The molecule has 2 fully saturated rings. The Morgan fingerprint density at radius 3 is 2.50 bits per heavy atom. The van der Waals surface area contributed by atoms with Crippen LogP contribution in [0.15, 0.2) is 34.3 Å². The fourth-order valence-electron chi connectivity index (χ4n) is 3.61. The lowest BCUT2D eigenvalue weighted by Crippen LogP contribution is -2.22. The van der Waals surface area contributed by atoms with Gasteiger partial charge in [-0.05, 0) is 67.6 Å². The molecule has 5 heteroatoms. The van der Waals surface area contributed by atoms with Gasteiger partial charge in [-0.1, -0.05) is 26.0 Å². The predicted octanol–water partition coefficient (Wildman–Crippen LogP) is 3.34. The number of nitrogens with zero attached hydrogens (tertiary/aromatic N) is 1. The predicted molar refractivity (Wildman–Crippen MR) is 88.2 cm³/mol. The zero-order chi connectivity index (χ0) is 15.7. The Bertz CT molecular complexity index is 662. The van der Waals surface area contributed by atoms with Crippen LogP contribution in [0.3, 0.4) is 0 Å². The summed E-state index contributed by atoms with van der Waals surface area (Å²) in [5.41, 5.74) is 2.20. The Morgan fingerprint density at radius 2 is 1.95 bits per heavy atom. The Labute approximate surface area is 133 Å². The van der Waals surface area contributed by atoms with Gasteiger partial charge in [-0.3, -0.25) is 0 Å². The van der Waals surface area contributed by atoms with Gasteiger partial charge in [-0.15, -0.1) is 0 Å². The molecule has 0 saturated heterocycles. The Balaban J connectivity index is 1.69. The second-order valence-electron chi connectivity index (χ2n) is 7.02. The number of rotatable bonds is 5. The molecule has 0 unspecified atom stereocenters. The van der Waals surface area contributed by atoms with Gasteiger partial charge in [-0.2, -0.15) is 13.5 Å². The molecule has 1 N–H and O–H groups in total. The van der Waals surface area contributed by atoms with E-state index in [1.165, 1.54) is 12.8 Å². The van der Waals surface area contributed by atoms with Crippen molar-refractivity contribution in [2.45, 2.75) is 50.8 Å². The standard InChI is InChI=1S/C17H24N2O2S/c1-12(2)9-13-4-7-16(8-5-13)22(20,21)19-18-17-11-14-3-6-15(17)10-14/h4-5,7-8,12,14-15,19H,3,6,9-11H2,1-2H3/b18-17-/t14-,15+/m1/s1. The van der Waals surface area contributed by atoms with E-state index in [1.54, 1.807) is 12.1 Å². The van der Waals surface area contributed by atoms with Gasteiger partial charge in [-0.25, -0.2) is 4.83 Å². The van der Waals surface area contributed by atoms with Crippen LogP contribution in [0.2, 0.25) is 0 Å². The molecule has 2 aliphatic carbocycles. The molecule has 0 radical (unpaired) electrons. The van der Waals surface area contributed by atoms with Gasteiger partial charge in [0.05, 0.1) is 4.90 Å². The van der Waals surface area contributed by atoms with E-state index in [0.717, 1.165) is 36.5 Å². The molecule has 2 bridgehead atoms. The van der Waals surface area contributed by atoms with E-state index in [-0.39, 0.29) is 4.90 Å². The molecule has 0 aliphatic heterocycles. The third kappa shape index (κ3) is 3.35. The molecule has 0 aromatic heterocycles. The Kier molecular flexibility index (Phi) is 4.26. The van der Waals surface area contributed by atoms with Gasteiger partial charge in [0, 0.05) is 5.71 Å². The number of hydrazone groups is 1. The van der Waals surface area contributed by atoms with Crippen molar-refractivity contribution < 1.29 is 8.42 Å². The molecule has 120 valence electrons. The summed E-state index contributed by atoms with van der Waals surface area (Å²) in [6, 6.07) is 7.11. The number of nitrogens with one attached hydrogen (secondary N) is 1. The smallest absolute Gasteiger partial charge is 0.200 e. The minimum absolute atomic E-state index is 0.285. The highest BCUT2D eigenvalue weighted by atomic mass is 32.2. The molecule has 2 saturated carbocycles. The fraction of sp³-hybridized carbons (Fsp3) is 0.588. The van der Waals surface area contributed by atoms with E-state index in [9.17, 15) is 8.42 Å². The molecule has 0 heterocycles. The van der Waals surface area contributed by atoms with Crippen LogP contribution in [0.25, 0.3) is 0 Å². The van der Waals surface area contributed by atoms with Gasteiger partial charge in [0.25, 0.3) is 10.0 Å². The maximum atomic E-state index is 12.3. The van der Waals surface area contributed by atoms with Crippen LogP contribution in [0.4, 0.5) is 0 Å². The minimum Gasteiger partial charge on any atom is -0.200 e. The van der Waals surface area contributed by atoms with Gasteiger partial charge < -0.3 is 0 Å². The number of fused-ring (bicyclic) bond motifs is 2. The van der Waals surface area contributed by atoms with Crippen LogP contribution in [0.5, 0.6) is 0 Å². The zero-order valence-electron chi connectivity index (χ0n) is 13.2. The quantitative estimate of drug-likeness (QED) is 0.846. The number of hydrogen-bond acceptors (Lipinski definition) is 3. The average molecular weight is 320 g/mol. The lowest BCUT2D eigenvalue weighted by atomic mass is 9.99. The van der Waals surface area contributed by atoms with Crippen molar-refractivity contribution >= 4 is 15.7 Å². The van der Waals surface area contributed by atoms with Crippen LogP contribution >= 0.6 is 0 Å². The molecule has 2 atom stereocenters. The van der Waals surface area contributed by atoms with E-state index in [2.05, 4.69) is 23.8 Å². The summed E-state index contributed by atoms with van der Waals surface area (Å²) in [4.78, 5) is 2.71. The van der Waals surface area contributed by atoms with Crippen molar-refractivity contribution in [3.05, 3.63) is 29.8 Å². The minimum atomic E-state index is -3.55. The van der Waals surface area contributed by atoms with Gasteiger partial charge >= 0.3 is 0 Å². The summed E-state index contributed by atoms with van der Waals surface area (Å²) in [5, 5.41) is 4.20. The third-order valence-electron chi connectivity index (χ3n) is 4.70. The first kappa shape index (κ1) is 15.5. The van der Waals surface area contributed by atoms with Crippen molar-refractivity contribution in [1.82, 2.24) is 4.83 Å². The van der Waals surface area contributed by atoms with Crippen molar-refractivity contribution in [3.8, 4) is 0 Å².